The lowest BCUT2D eigenvalue weighted by molar-refractivity contribution is 0.382. The van der Waals surface area contributed by atoms with E-state index in [1.165, 1.54) is 18.2 Å². The SMILES string of the molecule is N#Cc1ccc(Nc2nc(N)nc(Oc3c(F)cccc3F)n2)cc1N. The first-order valence-corrected chi connectivity index (χ1v) is 7.16. The highest BCUT2D eigenvalue weighted by molar-refractivity contribution is 5.65. The zero-order valence-electron chi connectivity index (χ0n) is 13.1. The molecule has 0 aliphatic carbocycles. The fourth-order valence-corrected chi connectivity index (χ4v) is 2.02. The van der Waals surface area contributed by atoms with Gasteiger partial charge in [-0.1, -0.05) is 6.07 Å². The molecule has 1 aromatic heterocycles. The second-order valence-corrected chi connectivity index (χ2v) is 4.99. The molecule has 0 aliphatic heterocycles. The van der Waals surface area contributed by atoms with Crippen molar-refractivity contribution < 1.29 is 13.5 Å². The van der Waals surface area contributed by atoms with Gasteiger partial charge in [-0.25, -0.2) is 8.78 Å². The number of rotatable bonds is 4. The number of para-hydroxylation sites is 1. The van der Waals surface area contributed by atoms with Crippen molar-refractivity contribution in [2.75, 3.05) is 16.8 Å². The van der Waals surface area contributed by atoms with Crippen LogP contribution in [-0.4, -0.2) is 15.0 Å². The first-order chi connectivity index (χ1) is 12.5. The number of halogens is 2. The van der Waals surface area contributed by atoms with Crippen molar-refractivity contribution in [1.82, 2.24) is 15.0 Å². The van der Waals surface area contributed by atoms with E-state index in [1.54, 1.807) is 6.07 Å². The van der Waals surface area contributed by atoms with Crippen LogP contribution in [0.2, 0.25) is 0 Å². The van der Waals surface area contributed by atoms with Gasteiger partial charge < -0.3 is 21.5 Å². The Labute approximate surface area is 146 Å². The van der Waals surface area contributed by atoms with E-state index < -0.39 is 23.4 Å². The summed E-state index contributed by atoms with van der Waals surface area (Å²) in [7, 11) is 0. The number of hydrogen-bond donors (Lipinski definition) is 3. The summed E-state index contributed by atoms with van der Waals surface area (Å²) in [6.45, 7) is 0. The highest BCUT2D eigenvalue weighted by Gasteiger charge is 2.14. The maximum Gasteiger partial charge on any atom is 0.328 e. The van der Waals surface area contributed by atoms with Gasteiger partial charge in [0.05, 0.1) is 11.3 Å². The molecule has 130 valence electrons. The fraction of sp³-hybridized carbons (Fsp3) is 0. The van der Waals surface area contributed by atoms with Gasteiger partial charge in [0.15, 0.2) is 11.6 Å². The predicted octanol–water partition coefficient (Wildman–Crippen LogP) is 2.72. The van der Waals surface area contributed by atoms with E-state index in [4.69, 9.17) is 21.5 Å². The molecule has 3 aromatic rings. The number of nitrogens with zero attached hydrogens (tertiary/aromatic N) is 4. The molecule has 0 spiro atoms. The molecule has 3 rings (SSSR count). The van der Waals surface area contributed by atoms with Gasteiger partial charge in [0.25, 0.3) is 0 Å². The van der Waals surface area contributed by atoms with Crippen LogP contribution in [0.1, 0.15) is 5.56 Å². The number of nitrogens with two attached hydrogens (primary N) is 2. The number of nitriles is 1. The van der Waals surface area contributed by atoms with E-state index >= 15 is 0 Å². The van der Waals surface area contributed by atoms with Crippen LogP contribution in [0.25, 0.3) is 0 Å². The quantitative estimate of drug-likeness (QED) is 0.608. The second-order valence-electron chi connectivity index (χ2n) is 4.99. The molecule has 26 heavy (non-hydrogen) atoms. The molecule has 10 heteroatoms. The van der Waals surface area contributed by atoms with Gasteiger partial charge in [-0.15, -0.1) is 0 Å². The van der Waals surface area contributed by atoms with Crippen LogP contribution < -0.4 is 21.5 Å². The zero-order chi connectivity index (χ0) is 18.7. The number of benzene rings is 2. The summed E-state index contributed by atoms with van der Waals surface area (Å²) in [5, 5.41) is 11.7. The van der Waals surface area contributed by atoms with Gasteiger partial charge in [0, 0.05) is 5.69 Å². The average molecular weight is 355 g/mol. The first kappa shape index (κ1) is 16.8. The van der Waals surface area contributed by atoms with Crippen LogP contribution in [0, 0.1) is 23.0 Å². The highest BCUT2D eigenvalue weighted by Crippen LogP contribution is 2.26. The lowest BCUT2D eigenvalue weighted by Gasteiger charge is -2.09. The molecule has 2 aromatic carbocycles. The number of aromatic nitrogens is 3. The van der Waals surface area contributed by atoms with E-state index in [-0.39, 0.29) is 17.6 Å². The van der Waals surface area contributed by atoms with Crippen LogP contribution in [0.5, 0.6) is 11.8 Å². The molecule has 0 aliphatic rings. The molecule has 0 saturated heterocycles. The number of hydrogen-bond acceptors (Lipinski definition) is 8. The van der Waals surface area contributed by atoms with Crippen LogP contribution in [0.4, 0.5) is 32.1 Å². The summed E-state index contributed by atoms with van der Waals surface area (Å²) < 4.78 is 32.4. The third kappa shape index (κ3) is 3.57. The number of anilines is 4. The second kappa shape index (κ2) is 6.86. The topological polar surface area (TPSA) is 136 Å². The van der Waals surface area contributed by atoms with Crippen molar-refractivity contribution in [2.24, 2.45) is 0 Å². The molecule has 0 bridgehead atoms. The smallest absolute Gasteiger partial charge is 0.328 e. The Kier molecular flexibility index (Phi) is 4.44. The minimum Gasteiger partial charge on any atom is -0.418 e. The zero-order valence-corrected chi connectivity index (χ0v) is 13.1. The number of ether oxygens (including phenoxy) is 1. The van der Waals surface area contributed by atoms with Gasteiger partial charge in [0.2, 0.25) is 17.6 Å². The van der Waals surface area contributed by atoms with Gasteiger partial charge in [-0.2, -0.15) is 20.2 Å². The monoisotopic (exact) mass is 355 g/mol. The molecule has 0 unspecified atom stereocenters. The summed E-state index contributed by atoms with van der Waals surface area (Å²) in [4.78, 5) is 11.5. The standard InChI is InChI=1S/C16H11F2N7O/c17-10-2-1-3-11(18)13(10)26-16-24-14(21)23-15(25-16)22-9-5-4-8(7-19)12(20)6-9/h1-6H,20H2,(H3,21,22,23,24,25). The molecule has 1 heterocycles. The minimum atomic E-state index is -0.918. The molecule has 5 N–H and O–H groups in total. The Balaban J connectivity index is 1.88. The predicted molar refractivity (Wildman–Crippen MR) is 89.5 cm³/mol. The summed E-state index contributed by atoms with van der Waals surface area (Å²) in [6.07, 6.45) is 0. The Bertz CT molecular complexity index is 1000. The maximum atomic E-state index is 13.7. The largest absolute Gasteiger partial charge is 0.418 e. The molecular weight excluding hydrogens is 344 g/mol. The lowest BCUT2D eigenvalue weighted by atomic mass is 10.2. The summed E-state index contributed by atoms with van der Waals surface area (Å²) in [5.74, 6) is -2.76. The van der Waals surface area contributed by atoms with Crippen molar-refractivity contribution in [2.45, 2.75) is 0 Å². The van der Waals surface area contributed by atoms with Crippen LogP contribution in [0.3, 0.4) is 0 Å². The third-order valence-corrected chi connectivity index (χ3v) is 3.17. The van der Waals surface area contributed by atoms with Crippen LogP contribution in [-0.2, 0) is 0 Å². The van der Waals surface area contributed by atoms with Crippen molar-refractivity contribution in [1.29, 1.82) is 5.26 Å². The van der Waals surface area contributed by atoms with E-state index in [0.29, 0.717) is 11.3 Å². The molecular formula is C16H11F2N7O. The van der Waals surface area contributed by atoms with Crippen molar-refractivity contribution in [3.8, 4) is 17.8 Å². The highest BCUT2D eigenvalue weighted by atomic mass is 19.1. The lowest BCUT2D eigenvalue weighted by Crippen LogP contribution is -2.06. The first-order valence-electron chi connectivity index (χ1n) is 7.16. The van der Waals surface area contributed by atoms with Gasteiger partial charge >= 0.3 is 6.01 Å². The van der Waals surface area contributed by atoms with E-state index in [1.807, 2.05) is 6.07 Å². The molecule has 0 radical (unpaired) electrons. The van der Waals surface area contributed by atoms with Crippen molar-refractivity contribution in [3.05, 3.63) is 53.6 Å². The van der Waals surface area contributed by atoms with Crippen molar-refractivity contribution >= 4 is 23.3 Å². The average Bonchev–Trinajstić information content (AvgIpc) is 2.58. The molecule has 0 fully saturated rings. The molecule has 0 amide bonds. The number of nitrogens with one attached hydrogen (secondary N) is 1. The van der Waals surface area contributed by atoms with Crippen molar-refractivity contribution in [3.63, 3.8) is 0 Å². The normalized spacial score (nSPS) is 10.2. The summed E-state index contributed by atoms with van der Waals surface area (Å²) >= 11 is 0. The molecule has 0 saturated carbocycles. The summed E-state index contributed by atoms with van der Waals surface area (Å²) in [5.41, 5.74) is 12.3. The van der Waals surface area contributed by atoms with Gasteiger partial charge in [-0.05, 0) is 30.3 Å². The fourth-order valence-electron chi connectivity index (χ4n) is 2.02. The van der Waals surface area contributed by atoms with Crippen LogP contribution in [0.15, 0.2) is 36.4 Å². The van der Waals surface area contributed by atoms with Gasteiger partial charge in [0.1, 0.15) is 6.07 Å². The summed E-state index contributed by atoms with van der Waals surface area (Å²) in [6, 6.07) is 9.37. The Morgan fingerprint density at radius 3 is 2.42 bits per heavy atom. The van der Waals surface area contributed by atoms with Crippen LogP contribution >= 0.6 is 0 Å². The maximum absolute atomic E-state index is 13.7. The Morgan fingerprint density at radius 1 is 1.04 bits per heavy atom. The Morgan fingerprint density at radius 2 is 1.77 bits per heavy atom. The van der Waals surface area contributed by atoms with E-state index in [2.05, 4.69) is 20.3 Å². The minimum absolute atomic E-state index is 0.0339. The van der Waals surface area contributed by atoms with Gasteiger partial charge in [-0.3, -0.25) is 0 Å². The van der Waals surface area contributed by atoms with E-state index in [9.17, 15) is 8.78 Å². The number of nitrogen functional groups attached to an aromatic ring is 2. The third-order valence-electron chi connectivity index (χ3n) is 3.17. The molecule has 0 atom stereocenters. The van der Waals surface area contributed by atoms with E-state index in [0.717, 1.165) is 12.1 Å². The Hall–Kier alpha value is -4.00. The molecule has 8 nitrogen and oxygen atoms in total.